The molecule has 0 saturated carbocycles. The third-order valence-corrected chi connectivity index (χ3v) is 9.00. The minimum absolute atomic E-state index is 0.217. The van der Waals surface area contributed by atoms with E-state index < -0.39 is 11.6 Å². The molecule has 0 bridgehead atoms. The molecule has 2 aliphatic heterocycles. The van der Waals surface area contributed by atoms with Crippen LogP contribution < -0.4 is 9.80 Å². The van der Waals surface area contributed by atoms with Gasteiger partial charge in [0.25, 0.3) is 0 Å². The van der Waals surface area contributed by atoms with E-state index >= 15 is 0 Å². The molecule has 4 aromatic carbocycles. The largest absolute Gasteiger partial charge is 0.371 e. The predicted molar refractivity (Wildman–Crippen MR) is 167 cm³/mol. The van der Waals surface area contributed by atoms with Gasteiger partial charge in [0.1, 0.15) is 11.6 Å². The number of anilines is 2. The molecule has 0 unspecified atom stereocenters. The highest BCUT2D eigenvalue weighted by molar-refractivity contribution is 5.68. The highest BCUT2D eigenvalue weighted by Gasteiger charge is 2.46. The van der Waals surface area contributed by atoms with Crippen LogP contribution in [0.5, 0.6) is 0 Å². The average Bonchev–Trinajstić information content (AvgIpc) is 3.06. The van der Waals surface area contributed by atoms with Crippen molar-refractivity contribution >= 4 is 11.4 Å². The lowest BCUT2D eigenvalue weighted by molar-refractivity contribution is -0.358. The zero-order valence-electron chi connectivity index (χ0n) is 24.8. The van der Waals surface area contributed by atoms with Gasteiger partial charge in [-0.2, -0.15) is 0 Å². The Hall–Kier alpha value is -3.78. The Bertz CT molecular complexity index is 1400. The van der Waals surface area contributed by atoms with Crippen LogP contribution in [-0.4, -0.2) is 52.0 Å². The zero-order valence-corrected chi connectivity index (χ0v) is 24.8. The molecule has 0 aliphatic carbocycles. The molecule has 2 fully saturated rings. The predicted octanol–water partition coefficient (Wildman–Crippen LogP) is 7.90. The van der Waals surface area contributed by atoms with E-state index in [9.17, 15) is 8.78 Å². The zero-order chi connectivity index (χ0) is 29.9. The molecule has 0 atom stereocenters. The summed E-state index contributed by atoms with van der Waals surface area (Å²) in [5.41, 5.74) is 5.14. The molecule has 43 heavy (non-hydrogen) atoms. The van der Waals surface area contributed by atoms with Gasteiger partial charge in [0.2, 0.25) is 0 Å². The normalized spacial score (nSPS) is 18.0. The molecule has 2 saturated heterocycles. The van der Waals surface area contributed by atoms with E-state index in [2.05, 4.69) is 34.1 Å². The summed E-state index contributed by atoms with van der Waals surface area (Å²) in [4.78, 5) is 4.64. The lowest BCUT2D eigenvalue weighted by atomic mass is 9.98. The molecule has 5 nitrogen and oxygen atoms in total. The van der Waals surface area contributed by atoms with Gasteiger partial charge in [-0.25, -0.2) is 8.78 Å². The fourth-order valence-corrected chi connectivity index (χ4v) is 6.34. The Balaban J connectivity index is 1.07. The minimum Gasteiger partial charge on any atom is -0.371 e. The second-order valence-electron chi connectivity index (χ2n) is 11.4. The minimum atomic E-state index is -0.733. The van der Waals surface area contributed by atoms with Gasteiger partial charge in [0.05, 0.1) is 0 Å². The second kappa shape index (κ2) is 12.4. The van der Waals surface area contributed by atoms with Crippen molar-refractivity contribution in [3.63, 3.8) is 0 Å². The number of hydrogen-bond donors (Lipinski definition) is 0. The lowest BCUT2D eigenvalue weighted by Gasteiger charge is -2.49. The molecule has 0 amide bonds. The first-order valence-electron chi connectivity index (χ1n) is 14.9. The van der Waals surface area contributed by atoms with Crippen molar-refractivity contribution in [3.05, 3.63) is 109 Å². The van der Waals surface area contributed by atoms with Crippen molar-refractivity contribution in [1.82, 2.24) is 0 Å². The van der Waals surface area contributed by atoms with Crippen LogP contribution in [0, 0.1) is 11.6 Å². The summed E-state index contributed by atoms with van der Waals surface area (Å²) in [7, 11) is 3.43. The van der Waals surface area contributed by atoms with Crippen molar-refractivity contribution in [1.29, 1.82) is 0 Å². The summed E-state index contributed by atoms with van der Waals surface area (Å²) >= 11 is 0. The first-order valence-corrected chi connectivity index (χ1v) is 14.9. The third kappa shape index (κ3) is 6.16. The Morgan fingerprint density at radius 3 is 1.19 bits per heavy atom. The number of rotatable bonds is 8. The molecule has 7 heteroatoms. The number of piperidine rings is 2. The topological polar surface area (TPSA) is 34.2 Å². The molecule has 0 aromatic heterocycles. The standard InChI is InChI=1S/C36H38F2N2O3/c1-41-35(19-23-39(24-20-35)29-15-11-27(12-16-29)31-7-3-5-9-33(31)37)43-36(42-2)21-25-40(26-22-36)30-17-13-28(14-18-30)32-8-4-6-10-34(32)38/h3-18H,19-26H2,1-2H3. The van der Waals surface area contributed by atoms with E-state index in [1.54, 1.807) is 38.5 Å². The SMILES string of the molecule is COC1(OC2(OC)CCN(c3ccc(-c4ccccc4F)cc3)CC2)CCN(c2ccc(-c3ccccc3F)cc2)CC1. The molecule has 0 radical (unpaired) electrons. The summed E-state index contributed by atoms with van der Waals surface area (Å²) in [6.45, 7) is 3.08. The van der Waals surface area contributed by atoms with Crippen LogP contribution in [0.1, 0.15) is 25.7 Å². The molecule has 2 aliphatic rings. The van der Waals surface area contributed by atoms with Crippen LogP contribution in [0.15, 0.2) is 97.1 Å². The van der Waals surface area contributed by atoms with Gasteiger partial charge in [-0.3, -0.25) is 0 Å². The van der Waals surface area contributed by atoms with Crippen LogP contribution in [0.4, 0.5) is 20.2 Å². The molecule has 2 heterocycles. The van der Waals surface area contributed by atoms with Crippen molar-refractivity contribution in [3.8, 4) is 22.3 Å². The second-order valence-corrected chi connectivity index (χ2v) is 11.4. The molecule has 6 rings (SSSR count). The summed E-state index contributed by atoms with van der Waals surface area (Å²) in [6.07, 6.45) is 2.80. The Morgan fingerprint density at radius 1 is 0.512 bits per heavy atom. The van der Waals surface area contributed by atoms with Gasteiger partial charge in [0, 0.05) is 88.6 Å². The molecule has 0 spiro atoms. The van der Waals surface area contributed by atoms with Crippen molar-refractivity contribution in [2.24, 2.45) is 0 Å². The van der Waals surface area contributed by atoms with E-state index in [0.29, 0.717) is 36.8 Å². The summed E-state index contributed by atoms with van der Waals surface area (Å²) < 4.78 is 47.3. The van der Waals surface area contributed by atoms with E-state index in [4.69, 9.17) is 14.2 Å². The van der Waals surface area contributed by atoms with Gasteiger partial charge in [0.15, 0.2) is 11.6 Å². The van der Waals surface area contributed by atoms with Crippen LogP contribution in [0.2, 0.25) is 0 Å². The van der Waals surface area contributed by atoms with Crippen molar-refractivity contribution < 1.29 is 23.0 Å². The number of hydrogen-bond acceptors (Lipinski definition) is 5. The summed E-state index contributed by atoms with van der Waals surface area (Å²) in [6, 6.07) is 29.8. The average molecular weight is 585 g/mol. The van der Waals surface area contributed by atoms with Crippen molar-refractivity contribution in [2.75, 3.05) is 50.2 Å². The van der Waals surface area contributed by atoms with Gasteiger partial charge < -0.3 is 24.0 Å². The number of ether oxygens (including phenoxy) is 3. The van der Waals surface area contributed by atoms with Crippen molar-refractivity contribution in [2.45, 2.75) is 37.3 Å². The van der Waals surface area contributed by atoms with Gasteiger partial charge in [-0.15, -0.1) is 0 Å². The van der Waals surface area contributed by atoms with Gasteiger partial charge in [-0.05, 0) is 47.5 Å². The van der Waals surface area contributed by atoms with E-state index in [1.807, 2.05) is 36.4 Å². The smallest absolute Gasteiger partial charge is 0.174 e. The Labute approximate surface area is 252 Å². The first kappa shape index (κ1) is 29.3. The number of benzene rings is 4. The maximum Gasteiger partial charge on any atom is 0.174 e. The van der Waals surface area contributed by atoms with Gasteiger partial charge in [-0.1, -0.05) is 60.7 Å². The molecule has 0 N–H and O–H groups in total. The monoisotopic (exact) mass is 584 g/mol. The maximum atomic E-state index is 14.2. The van der Waals surface area contributed by atoms with Crippen LogP contribution in [0.25, 0.3) is 22.3 Å². The van der Waals surface area contributed by atoms with E-state index in [0.717, 1.165) is 48.7 Å². The summed E-state index contributed by atoms with van der Waals surface area (Å²) in [5, 5.41) is 0. The number of nitrogens with zero attached hydrogens (tertiary/aromatic N) is 2. The fourth-order valence-electron chi connectivity index (χ4n) is 6.34. The fraction of sp³-hybridized carbons (Fsp3) is 0.333. The quantitative estimate of drug-likeness (QED) is 0.197. The molecular formula is C36H38F2N2O3. The van der Waals surface area contributed by atoms with Crippen LogP contribution >= 0.6 is 0 Å². The highest BCUT2D eigenvalue weighted by atomic mass is 19.1. The maximum absolute atomic E-state index is 14.2. The highest BCUT2D eigenvalue weighted by Crippen LogP contribution is 2.39. The molecule has 4 aromatic rings. The lowest BCUT2D eigenvalue weighted by Crippen LogP contribution is -2.56. The Kier molecular flexibility index (Phi) is 8.48. The number of methoxy groups -OCH3 is 2. The molecular weight excluding hydrogens is 546 g/mol. The Morgan fingerprint density at radius 2 is 0.860 bits per heavy atom. The number of halogens is 2. The van der Waals surface area contributed by atoms with Crippen LogP contribution in [0.3, 0.4) is 0 Å². The van der Waals surface area contributed by atoms with E-state index in [1.165, 1.54) is 12.1 Å². The van der Waals surface area contributed by atoms with Gasteiger partial charge >= 0.3 is 0 Å². The third-order valence-electron chi connectivity index (χ3n) is 9.00. The summed E-state index contributed by atoms with van der Waals surface area (Å²) in [5.74, 6) is -1.90. The molecule has 224 valence electrons. The van der Waals surface area contributed by atoms with Crippen LogP contribution in [-0.2, 0) is 14.2 Å². The van der Waals surface area contributed by atoms with E-state index in [-0.39, 0.29) is 11.6 Å². The first-order chi connectivity index (χ1) is 20.9.